The monoisotopic (exact) mass is 616 g/mol. The van der Waals surface area contributed by atoms with Crippen molar-refractivity contribution in [3.63, 3.8) is 0 Å². The summed E-state index contributed by atoms with van der Waals surface area (Å²) < 4.78 is 225. The zero-order chi connectivity index (χ0) is 28.1. The molecule has 0 N–H and O–H groups in total. The average Bonchev–Trinajstić information content (AvgIpc) is 2.66. The van der Waals surface area contributed by atoms with Gasteiger partial charge in [0.1, 0.15) is 0 Å². The van der Waals surface area contributed by atoms with Crippen LogP contribution in [0.4, 0.5) is 74.6 Å². The summed E-state index contributed by atoms with van der Waals surface area (Å²) in [4.78, 5) is -1.95. The minimum atomic E-state index is -8.61. The highest BCUT2D eigenvalue weighted by Gasteiger charge is 2.95. The van der Waals surface area contributed by atoms with Crippen molar-refractivity contribution in [2.75, 3.05) is 0 Å². The molecule has 35 heavy (non-hydrogen) atoms. The quantitative estimate of drug-likeness (QED) is 0.183. The normalized spacial score (nSPS) is 16.4. The summed E-state index contributed by atoms with van der Waals surface area (Å²) in [7, 11) is 0. The summed E-state index contributed by atoms with van der Waals surface area (Å²) in [5.41, 5.74) is 0.0890. The zero-order valence-electron chi connectivity index (χ0n) is 16.2. The smallest absolute Gasteiger partial charge is 0.200 e. The van der Waals surface area contributed by atoms with E-state index in [1.807, 2.05) is 0 Å². The van der Waals surface area contributed by atoms with Gasteiger partial charge in [0.2, 0.25) is 0 Å². The molecule has 204 valence electrons. The van der Waals surface area contributed by atoms with E-state index in [0.29, 0.717) is 0 Å². The van der Waals surface area contributed by atoms with Crippen molar-refractivity contribution in [1.29, 1.82) is 0 Å². The van der Waals surface area contributed by atoms with E-state index in [1.165, 1.54) is 30.3 Å². The van der Waals surface area contributed by atoms with Crippen LogP contribution in [0.1, 0.15) is 12.0 Å². The molecule has 0 saturated heterocycles. The van der Waals surface area contributed by atoms with Gasteiger partial charge in [-0.3, -0.25) is 0 Å². The van der Waals surface area contributed by atoms with Gasteiger partial charge in [-0.05, 0) is 12.0 Å². The molecule has 0 aromatic heterocycles. The number of hydrogen-bond acceptors (Lipinski definition) is 0. The second kappa shape index (κ2) is 9.11. The standard InChI is InChI=1S/C17H10BrF17/c18-9(6-8-4-2-1-3-5-8)7-10(19,20)11(21,22)12(23,24)13(25,26)14(27,28)15(29,30)16(31,32)17(33,34)35/h1-5,9H,6-7H2. The van der Waals surface area contributed by atoms with Crippen LogP contribution in [0, 0.1) is 0 Å². The lowest BCUT2D eigenvalue weighted by molar-refractivity contribution is -0.461. The lowest BCUT2D eigenvalue weighted by Gasteiger charge is -2.43. The van der Waals surface area contributed by atoms with Crippen LogP contribution in [-0.2, 0) is 6.42 Å². The van der Waals surface area contributed by atoms with Crippen LogP contribution in [0.25, 0.3) is 0 Å². The van der Waals surface area contributed by atoms with Crippen LogP contribution < -0.4 is 0 Å². The van der Waals surface area contributed by atoms with Gasteiger partial charge < -0.3 is 0 Å². The fraction of sp³-hybridized carbons (Fsp3) is 0.647. The predicted molar refractivity (Wildman–Crippen MR) is 88.2 cm³/mol. The van der Waals surface area contributed by atoms with Crippen molar-refractivity contribution in [2.45, 2.75) is 65.3 Å². The van der Waals surface area contributed by atoms with Gasteiger partial charge in [-0.2, -0.15) is 74.6 Å². The van der Waals surface area contributed by atoms with Gasteiger partial charge in [0.15, 0.2) is 0 Å². The van der Waals surface area contributed by atoms with E-state index in [4.69, 9.17) is 0 Å². The van der Waals surface area contributed by atoms with E-state index in [0.717, 1.165) is 0 Å². The average molecular weight is 617 g/mol. The Kier molecular flexibility index (Phi) is 8.21. The number of benzene rings is 1. The molecule has 0 aliphatic rings. The highest BCUT2D eigenvalue weighted by Crippen LogP contribution is 2.64. The minimum absolute atomic E-state index is 0.0890. The first kappa shape index (κ1) is 31.5. The van der Waals surface area contributed by atoms with E-state index < -0.39 is 65.3 Å². The summed E-state index contributed by atoms with van der Waals surface area (Å²) in [6.45, 7) is 0. The molecule has 0 heterocycles. The Hall–Kier alpha value is -1.49. The molecule has 1 aromatic carbocycles. The molecule has 1 atom stereocenters. The number of hydrogen-bond donors (Lipinski definition) is 0. The first-order valence-electron chi connectivity index (χ1n) is 8.62. The Morgan fingerprint density at radius 2 is 0.857 bits per heavy atom. The van der Waals surface area contributed by atoms with Gasteiger partial charge in [-0.1, -0.05) is 46.3 Å². The lowest BCUT2D eigenvalue weighted by Crippen LogP contribution is -2.74. The summed E-state index contributed by atoms with van der Waals surface area (Å²) in [6, 6.07) is 6.41. The van der Waals surface area contributed by atoms with Crippen LogP contribution in [-0.4, -0.2) is 52.5 Å². The molecule has 0 aliphatic heterocycles. The maximum atomic E-state index is 13.9. The van der Waals surface area contributed by atoms with Crippen LogP contribution in [0.3, 0.4) is 0 Å². The van der Waals surface area contributed by atoms with E-state index >= 15 is 0 Å². The van der Waals surface area contributed by atoms with Gasteiger partial charge in [0.05, 0.1) is 0 Å². The van der Waals surface area contributed by atoms with Crippen LogP contribution in [0.15, 0.2) is 30.3 Å². The van der Waals surface area contributed by atoms with Crippen molar-refractivity contribution in [1.82, 2.24) is 0 Å². The van der Waals surface area contributed by atoms with Gasteiger partial charge in [-0.15, -0.1) is 0 Å². The fourth-order valence-electron chi connectivity index (χ4n) is 2.54. The minimum Gasteiger partial charge on any atom is -0.200 e. The molecule has 0 amide bonds. The van der Waals surface area contributed by atoms with Crippen molar-refractivity contribution >= 4 is 15.9 Å². The SMILES string of the molecule is FC(F)(F)C(F)(F)C(F)(F)C(F)(F)C(F)(F)C(F)(F)C(F)(F)C(F)(F)CC(Br)Cc1ccccc1. The van der Waals surface area contributed by atoms with Crippen LogP contribution >= 0.6 is 15.9 Å². The number of alkyl halides is 18. The Balaban J connectivity index is 3.43. The van der Waals surface area contributed by atoms with E-state index in [1.54, 1.807) is 0 Å². The van der Waals surface area contributed by atoms with Gasteiger partial charge in [0, 0.05) is 11.2 Å². The van der Waals surface area contributed by atoms with E-state index in [-0.39, 0.29) is 5.56 Å². The van der Waals surface area contributed by atoms with Crippen molar-refractivity contribution < 1.29 is 74.6 Å². The highest BCUT2D eigenvalue weighted by atomic mass is 79.9. The zero-order valence-corrected chi connectivity index (χ0v) is 17.8. The molecule has 0 nitrogen and oxygen atoms in total. The van der Waals surface area contributed by atoms with Crippen LogP contribution in [0.2, 0.25) is 0 Å². The largest absolute Gasteiger partial charge is 0.460 e. The molecule has 1 aromatic rings. The Labute approximate surface area is 192 Å². The first-order chi connectivity index (χ1) is 15.2. The fourth-order valence-corrected chi connectivity index (χ4v) is 3.33. The third-order valence-corrected chi connectivity index (χ3v) is 5.21. The summed E-state index contributed by atoms with van der Waals surface area (Å²) in [5, 5.41) is 0. The third kappa shape index (κ3) is 4.91. The molecule has 0 radical (unpaired) electrons. The van der Waals surface area contributed by atoms with Gasteiger partial charge in [-0.25, -0.2) is 0 Å². The van der Waals surface area contributed by atoms with Gasteiger partial charge >= 0.3 is 47.6 Å². The molecular formula is C17H10BrF17. The van der Waals surface area contributed by atoms with E-state index in [2.05, 4.69) is 15.9 Å². The van der Waals surface area contributed by atoms with Crippen molar-refractivity contribution in [3.8, 4) is 0 Å². The number of halogens is 18. The predicted octanol–water partition coefficient (Wildman–Crippen LogP) is 8.39. The Bertz CT molecular complexity index is 859. The summed E-state index contributed by atoms with van der Waals surface area (Å²) in [6.07, 6.45) is -10.9. The molecule has 0 aliphatic carbocycles. The number of rotatable bonds is 10. The molecular weight excluding hydrogens is 607 g/mol. The maximum Gasteiger partial charge on any atom is 0.460 e. The van der Waals surface area contributed by atoms with Gasteiger partial charge in [0.25, 0.3) is 0 Å². The van der Waals surface area contributed by atoms with Crippen LogP contribution in [0.5, 0.6) is 0 Å². The summed E-state index contributed by atoms with van der Waals surface area (Å²) >= 11 is 2.34. The molecule has 0 fully saturated rings. The molecule has 18 heteroatoms. The Morgan fingerprint density at radius 3 is 1.23 bits per heavy atom. The second-order valence-electron chi connectivity index (χ2n) is 7.14. The molecule has 0 bridgehead atoms. The van der Waals surface area contributed by atoms with Crippen molar-refractivity contribution in [3.05, 3.63) is 35.9 Å². The Morgan fingerprint density at radius 1 is 0.514 bits per heavy atom. The first-order valence-corrected chi connectivity index (χ1v) is 9.53. The lowest BCUT2D eigenvalue weighted by atomic mass is 9.87. The molecule has 0 saturated carbocycles. The third-order valence-electron chi connectivity index (χ3n) is 4.56. The highest BCUT2D eigenvalue weighted by molar-refractivity contribution is 9.09. The second-order valence-corrected chi connectivity index (χ2v) is 8.43. The molecule has 0 spiro atoms. The van der Waals surface area contributed by atoms with Crippen molar-refractivity contribution in [2.24, 2.45) is 0 Å². The summed E-state index contributed by atoms with van der Waals surface area (Å²) in [5.74, 6) is -56.1. The topological polar surface area (TPSA) is 0 Å². The van der Waals surface area contributed by atoms with E-state index in [9.17, 15) is 74.6 Å². The molecule has 1 unspecified atom stereocenters. The molecule has 1 rings (SSSR count). The maximum absolute atomic E-state index is 13.9.